The van der Waals surface area contributed by atoms with Crippen LogP contribution in [-0.2, 0) is 11.2 Å². The van der Waals surface area contributed by atoms with Crippen molar-refractivity contribution in [2.45, 2.75) is 31.6 Å². The summed E-state index contributed by atoms with van der Waals surface area (Å²) in [6.07, 6.45) is 0.529. The summed E-state index contributed by atoms with van der Waals surface area (Å²) in [5.74, 6) is 0.570. The normalized spacial score (nSPS) is 16.3. The van der Waals surface area contributed by atoms with Crippen molar-refractivity contribution in [2.75, 3.05) is 18.1 Å². The van der Waals surface area contributed by atoms with Gasteiger partial charge in [-0.2, -0.15) is 0 Å². The van der Waals surface area contributed by atoms with Crippen molar-refractivity contribution < 1.29 is 14.3 Å². The zero-order valence-corrected chi connectivity index (χ0v) is 18.5. The lowest BCUT2D eigenvalue weighted by molar-refractivity contribution is -0.118. The molecule has 0 aliphatic carbocycles. The van der Waals surface area contributed by atoms with E-state index in [1.807, 2.05) is 42.5 Å². The summed E-state index contributed by atoms with van der Waals surface area (Å²) >= 11 is 2.75. The number of rotatable bonds is 8. The van der Waals surface area contributed by atoms with Crippen LogP contribution in [0, 0.1) is 0 Å². The summed E-state index contributed by atoms with van der Waals surface area (Å²) in [7, 11) is 0. The molecule has 0 saturated carbocycles. The molecule has 1 saturated heterocycles. The van der Waals surface area contributed by atoms with E-state index >= 15 is 0 Å². The zero-order valence-electron chi connectivity index (χ0n) is 16.8. The predicted octanol–water partition coefficient (Wildman–Crippen LogP) is 4.48. The fourth-order valence-electron chi connectivity index (χ4n) is 3.28. The van der Waals surface area contributed by atoms with Crippen molar-refractivity contribution >= 4 is 49.6 Å². The standard InChI is InChI=1S/C22H23N3O3S2/c1-14(2)25(21-23-17-5-3-4-6-18(17)29-21)11-12-28-16-9-7-15(8-10-16)13-19-20(26)24-22(27)30-19/h3-10,14,19H,11-13H2,1-2H3,(H,24,26,27). The number of carbonyl (C=O) groups is 2. The third kappa shape index (κ3) is 4.76. The maximum atomic E-state index is 11.7. The van der Waals surface area contributed by atoms with Gasteiger partial charge in [0.15, 0.2) is 5.13 Å². The third-order valence-electron chi connectivity index (χ3n) is 4.86. The SMILES string of the molecule is CC(C)N(CCOc1ccc(CC2SC(=O)NC2=O)cc1)c1nc2ccccc2s1. The molecule has 0 bridgehead atoms. The summed E-state index contributed by atoms with van der Waals surface area (Å²) in [5, 5.41) is 2.71. The van der Waals surface area contributed by atoms with E-state index in [0.717, 1.165) is 40.3 Å². The number of anilines is 1. The van der Waals surface area contributed by atoms with E-state index in [1.165, 1.54) is 4.70 Å². The van der Waals surface area contributed by atoms with Crippen LogP contribution in [-0.4, -0.2) is 40.6 Å². The number of thioether (sulfide) groups is 1. The molecule has 8 heteroatoms. The molecule has 2 heterocycles. The number of aromatic nitrogens is 1. The number of nitrogens with one attached hydrogen (secondary N) is 1. The largest absolute Gasteiger partial charge is 0.492 e. The van der Waals surface area contributed by atoms with Crippen molar-refractivity contribution in [3.05, 3.63) is 54.1 Å². The van der Waals surface area contributed by atoms with Crippen LogP contribution in [0.2, 0.25) is 0 Å². The molecule has 1 aromatic heterocycles. The Morgan fingerprint density at radius 2 is 1.90 bits per heavy atom. The minimum absolute atomic E-state index is 0.214. The smallest absolute Gasteiger partial charge is 0.286 e. The van der Waals surface area contributed by atoms with Gasteiger partial charge in [0, 0.05) is 6.04 Å². The molecule has 30 heavy (non-hydrogen) atoms. The molecule has 1 N–H and O–H groups in total. The molecule has 1 aliphatic heterocycles. The van der Waals surface area contributed by atoms with E-state index < -0.39 is 0 Å². The molecule has 4 rings (SSSR count). The van der Waals surface area contributed by atoms with E-state index in [-0.39, 0.29) is 16.4 Å². The van der Waals surface area contributed by atoms with Gasteiger partial charge in [0.2, 0.25) is 5.91 Å². The van der Waals surface area contributed by atoms with Gasteiger partial charge < -0.3 is 9.64 Å². The van der Waals surface area contributed by atoms with Crippen LogP contribution in [0.4, 0.5) is 9.93 Å². The monoisotopic (exact) mass is 441 g/mol. The van der Waals surface area contributed by atoms with Crippen LogP contribution in [0.15, 0.2) is 48.5 Å². The molecular weight excluding hydrogens is 418 g/mol. The molecule has 3 aromatic rings. The van der Waals surface area contributed by atoms with Gasteiger partial charge in [0.05, 0.1) is 22.0 Å². The lowest BCUT2D eigenvalue weighted by Gasteiger charge is -2.26. The predicted molar refractivity (Wildman–Crippen MR) is 123 cm³/mol. The number of thiazole rings is 1. The van der Waals surface area contributed by atoms with E-state index in [4.69, 9.17) is 9.72 Å². The van der Waals surface area contributed by atoms with Crippen LogP contribution in [0.1, 0.15) is 19.4 Å². The van der Waals surface area contributed by atoms with Gasteiger partial charge in [-0.1, -0.05) is 47.4 Å². The minimum atomic E-state index is -0.349. The molecule has 1 unspecified atom stereocenters. The number of nitrogens with zero attached hydrogens (tertiary/aromatic N) is 2. The number of benzene rings is 2. The number of para-hydroxylation sites is 1. The number of hydrogen-bond acceptors (Lipinski definition) is 7. The number of carbonyl (C=O) groups excluding carboxylic acids is 2. The van der Waals surface area contributed by atoms with Crippen molar-refractivity contribution in [1.82, 2.24) is 10.3 Å². The van der Waals surface area contributed by atoms with Crippen molar-refractivity contribution in [1.29, 1.82) is 0 Å². The molecule has 1 aliphatic rings. The molecule has 156 valence electrons. The fraction of sp³-hybridized carbons (Fsp3) is 0.318. The third-order valence-corrected chi connectivity index (χ3v) is 6.92. The van der Waals surface area contributed by atoms with Gasteiger partial charge in [0.25, 0.3) is 5.24 Å². The lowest BCUT2D eigenvalue weighted by atomic mass is 10.1. The Labute approximate surface area is 183 Å². The quantitative estimate of drug-likeness (QED) is 0.556. The molecule has 1 fully saturated rings. The van der Waals surface area contributed by atoms with Gasteiger partial charge >= 0.3 is 0 Å². The highest BCUT2D eigenvalue weighted by atomic mass is 32.2. The first-order valence-corrected chi connectivity index (χ1v) is 11.5. The number of amides is 2. The molecular formula is C22H23N3O3S2. The maximum Gasteiger partial charge on any atom is 0.286 e. The van der Waals surface area contributed by atoms with Crippen LogP contribution in [0.3, 0.4) is 0 Å². The maximum absolute atomic E-state index is 11.7. The van der Waals surface area contributed by atoms with Crippen molar-refractivity contribution in [3.8, 4) is 5.75 Å². The molecule has 0 spiro atoms. The number of imide groups is 1. The van der Waals surface area contributed by atoms with E-state index in [9.17, 15) is 9.59 Å². The van der Waals surface area contributed by atoms with Crippen LogP contribution < -0.4 is 15.0 Å². The minimum Gasteiger partial charge on any atom is -0.492 e. The highest BCUT2D eigenvalue weighted by molar-refractivity contribution is 8.15. The second-order valence-electron chi connectivity index (χ2n) is 7.33. The Morgan fingerprint density at radius 1 is 1.13 bits per heavy atom. The first kappa shape index (κ1) is 20.7. The van der Waals surface area contributed by atoms with Crippen molar-refractivity contribution in [2.24, 2.45) is 0 Å². The van der Waals surface area contributed by atoms with E-state index in [1.54, 1.807) is 11.3 Å². The summed E-state index contributed by atoms with van der Waals surface area (Å²) in [4.78, 5) is 30.0. The Bertz CT molecular complexity index is 1020. The molecule has 1 atom stereocenters. The average Bonchev–Trinajstić information content (AvgIpc) is 3.28. The molecule has 2 aromatic carbocycles. The second-order valence-corrected chi connectivity index (χ2v) is 9.52. The van der Waals surface area contributed by atoms with Gasteiger partial charge in [0.1, 0.15) is 12.4 Å². The number of ether oxygens (including phenoxy) is 1. The zero-order chi connectivity index (χ0) is 21.1. The van der Waals surface area contributed by atoms with Gasteiger partial charge in [-0.25, -0.2) is 4.98 Å². The second kappa shape index (κ2) is 9.06. The van der Waals surface area contributed by atoms with Crippen LogP contribution >= 0.6 is 23.1 Å². The lowest BCUT2D eigenvalue weighted by Crippen LogP contribution is -2.34. The molecule has 6 nitrogen and oxygen atoms in total. The van der Waals surface area contributed by atoms with Gasteiger partial charge in [-0.05, 0) is 50.1 Å². The summed E-state index contributed by atoms with van der Waals surface area (Å²) in [6.45, 7) is 5.59. The number of hydrogen-bond donors (Lipinski definition) is 1. The average molecular weight is 442 g/mol. The topological polar surface area (TPSA) is 71.5 Å². The van der Waals surface area contributed by atoms with Gasteiger partial charge in [-0.15, -0.1) is 0 Å². The molecule has 0 radical (unpaired) electrons. The Hall–Kier alpha value is -2.58. The van der Waals surface area contributed by atoms with Gasteiger partial charge in [-0.3, -0.25) is 14.9 Å². The van der Waals surface area contributed by atoms with E-state index in [2.05, 4.69) is 30.1 Å². The first-order chi connectivity index (χ1) is 14.5. The van der Waals surface area contributed by atoms with Crippen molar-refractivity contribution in [3.63, 3.8) is 0 Å². The van der Waals surface area contributed by atoms with Crippen LogP contribution in [0.5, 0.6) is 5.75 Å². The highest BCUT2D eigenvalue weighted by Gasteiger charge is 2.31. The summed E-state index contributed by atoms with van der Waals surface area (Å²) in [6, 6.07) is 16.2. The Balaban J connectivity index is 1.33. The summed E-state index contributed by atoms with van der Waals surface area (Å²) in [5.41, 5.74) is 2.03. The Kier molecular flexibility index (Phi) is 6.24. The number of fused-ring (bicyclic) bond motifs is 1. The summed E-state index contributed by atoms with van der Waals surface area (Å²) < 4.78 is 7.13. The Morgan fingerprint density at radius 3 is 2.57 bits per heavy atom. The van der Waals surface area contributed by atoms with Crippen LogP contribution in [0.25, 0.3) is 10.2 Å². The highest BCUT2D eigenvalue weighted by Crippen LogP contribution is 2.29. The van der Waals surface area contributed by atoms with E-state index in [0.29, 0.717) is 19.1 Å². The fourth-order valence-corrected chi connectivity index (χ4v) is 5.27. The molecule has 2 amide bonds. The first-order valence-electron chi connectivity index (χ1n) is 9.85.